The van der Waals surface area contributed by atoms with E-state index in [0.29, 0.717) is 6.20 Å². The number of aromatic nitrogens is 1. The van der Waals surface area contributed by atoms with Crippen molar-refractivity contribution in [3.8, 4) is 0 Å². The molecular weight excluding hydrogens is 289 g/mol. The molecule has 9 heteroatoms. The van der Waals surface area contributed by atoms with Crippen LogP contribution in [0.15, 0.2) is 23.5 Å². The van der Waals surface area contributed by atoms with Gasteiger partial charge in [-0.15, -0.1) is 0 Å². The van der Waals surface area contributed by atoms with Crippen LogP contribution in [-0.4, -0.2) is 40.4 Å². The van der Waals surface area contributed by atoms with Crippen LogP contribution in [0.1, 0.15) is 23.0 Å². The average Bonchev–Trinajstić information content (AvgIpc) is 2.44. The fraction of sp³-hybridized carbons (Fsp3) is 0.417. The van der Waals surface area contributed by atoms with E-state index in [1.54, 1.807) is 6.92 Å². The number of rotatable bonds is 4. The van der Waals surface area contributed by atoms with Gasteiger partial charge in [0.05, 0.1) is 5.56 Å². The number of carbonyl (C=O) groups is 1. The maximum atomic E-state index is 12.4. The van der Waals surface area contributed by atoms with Crippen molar-refractivity contribution in [3.63, 3.8) is 0 Å². The molecule has 0 aliphatic heterocycles. The fourth-order valence-electron chi connectivity index (χ4n) is 1.57. The van der Waals surface area contributed by atoms with Gasteiger partial charge >= 0.3 is 6.18 Å². The summed E-state index contributed by atoms with van der Waals surface area (Å²) >= 11 is 0. The predicted molar refractivity (Wildman–Crippen MR) is 68.8 cm³/mol. The lowest BCUT2D eigenvalue weighted by atomic mass is 10.1. The zero-order chi connectivity index (χ0) is 16.2. The predicted octanol–water partition coefficient (Wildman–Crippen LogP) is 1.55. The Morgan fingerprint density at radius 2 is 2.14 bits per heavy atom. The number of alkyl halides is 3. The van der Waals surface area contributed by atoms with Gasteiger partial charge in [-0.3, -0.25) is 9.78 Å². The molecule has 1 amide bonds. The summed E-state index contributed by atoms with van der Waals surface area (Å²) in [6, 6.07) is 1.80. The van der Waals surface area contributed by atoms with Crippen molar-refractivity contribution in [2.45, 2.75) is 13.1 Å². The van der Waals surface area contributed by atoms with Gasteiger partial charge in [0.2, 0.25) is 0 Å². The molecule has 1 aromatic heterocycles. The van der Waals surface area contributed by atoms with Gasteiger partial charge in [0.15, 0.2) is 0 Å². The van der Waals surface area contributed by atoms with E-state index >= 15 is 0 Å². The number of oxime groups is 1. The largest absolute Gasteiger partial charge is 0.417 e. The molecule has 0 spiro atoms. The van der Waals surface area contributed by atoms with E-state index in [4.69, 9.17) is 10.9 Å². The molecule has 1 atom stereocenters. The third-order valence-electron chi connectivity index (χ3n) is 2.82. The Balaban J connectivity index is 2.79. The topological polar surface area (TPSA) is 91.8 Å². The van der Waals surface area contributed by atoms with Crippen molar-refractivity contribution in [1.29, 1.82) is 0 Å². The van der Waals surface area contributed by atoms with Crippen molar-refractivity contribution < 1.29 is 23.2 Å². The third-order valence-corrected chi connectivity index (χ3v) is 2.82. The Bertz CT molecular complexity index is 528. The van der Waals surface area contributed by atoms with Crippen LogP contribution in [0, 0.1) is 5.92 Å². The lowest BCUT2D eigenvalue weighted by Gasteiger charge is -2.20. The van der Waals surface area contributed by atoms with E-state index in [-0.39, 0.29) is 18.1 Å². The maximum absolute atomic E-state index is 12.4. The minimum absolute atomic E-state index is 0.0463. The maximum Gasteiger partial charge on any atom is 0.417 e. The zero-order valence-electron chi connectivity index (χ0n) is 11.4. The SMILES string of the molecule is CC(CN(C)C(=O)c1ccc(C(F)(F)F)cn1)/C(N)=N/O. The van der Waals surface area contributed by atoms with E-state index in [1.807, 2.05) is 0 Å². The highest BCUT2D eigenvalue weighted by Gasteiger charge is 2.31. The smallest absolute Gasteiger partial charge is 0.409 e. The van der Waals surface area contributed by atoms with Gasteiger partial charge in [0, 0.05) is 25.7 Å². The van der Waals surface area contributed by atoms with Crippen LogP contribution in [0.25, 0.3) is 0 Å². The molecule has 0 bridgehead atoms. The molecule has 1 rings (SSSR count). The van der Waals surface area contributed by atoms with E-state index in [9.17, 15) is 18.0 Å². The van der Waals surface area contributed by atoms with Crippen molar-refractivity contribution >= 4 is 11.7 Å². The van der Waals surface area contributed by atoms with Crippen LogP contribution in [0.3, 0.4) is 0 Å². The van der Waals surface area contributed by atoms with Gasteiger partial charge in [-0.05, 0) is 12.1 Å². The molecule has 116 valence electrons. The first-order chi connectivity index (χ1) is 9.66. The molecule has 0 aliphatic rings. The van der Waals surface area contributed by atoms with Crippen molar-refractivity contribution in [1.82, 2.24) is 9.88 Å². The molecule has 0 fully saturated rings. The Hall–Kier alpha value is -2.32. The molecule has 0 saturated heterocycles. The highest BCUT2D eigenvalue weighted by Crippen LogP contribution is 2.28. The number of amidine groups is 1. The quantitative estimate of drug-likeness (QED) is 0.382. The standard InChI is InChI=1S/C12H15F3N4O2/c1-7(10(16)18-21)6-19(2)11(20)9-4-3-8(5-17-9)12(13,14)15/h3-5,7,21H,6H2,1-2H3,(H2,16,18). The van der Waals surface area contributed by atoms with E-state index in [1.165, 1.54) is 11.9 Å². The van der Waals surface area contributed by atoms with Crippen LogP contribution >= 0.6 is 0 Å². The first kappa shape index (κ1) is 16.7. The van der Waals surface area contributed by atoms with Gasteiger partial charge in [-0.2, -0.15) is 13.2 Å². The first-order valence-electron chi connectivity index (χ1n) is 5.93. The van der Waals surface area contributed by atoms with Gasteiger partial charge < -0.3 is 15.8 Å². The highest BCUT2D eigenvalue weighted by molar-refractivity contribution is 5.92. The minimum atomic E-state index is -4.50. The number of hydrogen-bond donors (Lipinski definition) is 2. The first-order valence-corrected chi connectivity index (χ1v) is 5.93. The molecule has 1 aromatic rings. The Labute approximate surface area is 119 Å². The van der Waals surface area contributed by atoms with Crippen LogP contribution in [-0.2, 0) is 6.18 Å². The van der Waals surface area contributed by atoms with Crippen LogP contribution in [0.4, 0.5) is 13.2 Å². The van der Waals surface area contributed by atoms with Crippen LogP contribution in [0.5, 0.6) is 0 Å². The second-order valence-corrected chi connectivity index (χ2v) is 4.54. The summed E-state index contributed by atoms with van der Waals surface area (Å²) in [4.78, 5) is 16.7. The number of halogens is 3. The van der Waals surface area contributed by atoms with Gasteiger partial charge in [0.25, 0.3) is 5.91 Å². The number of amides is 1. The Kier molecular flexibility index (Phi) is 5.12. The van der Waals surface area contributed by atoms with Crippen molar-refractivity contribution in [2.75, 3.05) is 13.6 Å². The Morgan fingerprint density at radius 3 is 2.57 bits per heavy atom. The molecule has 6 nitrogen and oxygen atoms in total. The van der Waals surface area contributed by atoms with Gasteiger partial charge in [0.1, 0.15) is 11.5 Å². The zero-order valence-corrected chi connectivity index (χ0v) is 11.4. The summed E-state index contributed by atoms with van der Waals surface area (Å²) in [6.07, 6.45) is -3.89. The second-order valence-electron chi connectivity index (χ2n) is 4.54. The summed E-state index contributed by atoms with van der Waals surface area (Å²) in [6.45, 7) is 1.77. The molecule has 0 saturated carbocycles. The Morgan fingerprint density at radius 1 is 1.52 bits per heavy atom. The van der Waals surface area contributed by atoms with E-state index in [0.717, 1.165) is 12.1 Å². The number of nitrogens with two attached hydrogens (primary N) is 1. The summed E-state index contributed by atoms with van der Waals surface area (Å²) < 4.78 is 37.2. The third kappa shape index (κ3) is 4.33. The monoisotopic (exact) mass is 304 g/mol. The number of pyridine rings is 1. The van der Waals surface area contributed by atoms with E-state index < -0.39 is 23.6 Å². The lowest BCUT2D eigenvalue weighted by molar-refractivity contribution is -0.137. The van der Waals surface area contributed by atoms with Crippen LogP contribution < -0.4 is 5.73 Å². The highest BCUT2D eigenvalue weighted by atomic mass is 19.4. The number of nitrogens with zero attached hydrogens (tertiary/aromatic N) is 3. The van der Waals surface area contributed by atoms with Crippen molar-refractivity contribution in [3.05, 3.63) is 29.6 Å². The molecule has 1 heterocycles. The number of carbonyl (C=O) groups excluding carboxylic acids is 1. The number of hydrogen-bond acceptors (Lipinski definition) is 4. The lowest BCUT2D eigenvalue weighted by Crippen LogP contribution is -2.36. The summed E-state index contributed by atoms with van der Waals surface area (Å²) in [5.74, 6) is -1.00. The molecule has 21 heavy (non-hydrogen) atoms. The molecular formula is C12H15F3N4O2. The minimum Gasteiger partial charge on any atom is -0.409 e. The average molecular weight is 304 g/mol. The van der Waals surface area contributed by atoms with Gasteiger partial charge in [-0.1, -0.05) is 12.1 Å². The summed E-state index contributed by atoms with van der Waals surface area (Å²) in [7, 11) is 1.45. The molecule has 1 unspecified atom stereocenters. The summed E-state index contributed by atoms with van der Waals surface area (Å²) in [5, 5.41) is 11.3. The molecule has 3 N–H and O–H groups in total. The van der Waals surface area contributed by atoms with Gasteiger partial charge in [-0.25, -0.2) is 0 Å². The van der Waals surface area contributed by atoms with E-state index in [2.05, 4.69) is 10.1 Å². The second kappa shape index (κ2) is 6.42. The fourth-order valence-corrected chi connectivity index (χ4v) is 1.57. The molecule has 0 aliphatic carbocycles. The summed E-state index contributed by atoms with van der Waals surface area (Å²) in [5.41, 5.74) is 4.35. The molecule has 0 aromatic carbocycles. The normalized spacial score (nSPS) is 13.9. The van der Waals surface area contributed by atoms with Crippen molar-refractivity contribution in [2.24, 2.45) is 16.8 Å². The molecule has 0 radical (unpaired) electrons. The van der Waals surface area contributed by atoms with Crippen LogP contribution in [0.2, 0.25) is 0 Å².